The van der Waals surface area contributed by atoms with Crippen LogP contribution in [0, 0.1) is 5.41 Å². The molecule has 23 heavy (non-hydrogen) atoms. The van der Waals surface area contributed by atoms with Crippen LogP contribution in [0.5, 0.6) is 0 Å². The Bertz CT molecular complexity index is 529. The molecule has 1 rings (SSSR count). The SMILES string of the molecule is CC(NC(=O)c1ccc(Cl)cc1)C(=O)NCCCC(C)(C)CO. The van der Waals surface area contributed by atoms with E-state index in [2.05, 4.69) is 10.6 Å². The third-order valence-corrected chi connectivity index (χ3v) is 3.86. The summed E-state index contributed by atoms with van der Waals surface area (Å²) in [6.45, 7) is 6.23. The van der Waals surface area contributed by atoms with Crippen molar-refractivity contribution in [1.82, 2.24) is 10.6 Å². The summed E-state index contributed by atoms with van der Waals surface area (Å²) < 4.78 is 0. The van der Waals surface area contributed by atoms with Gasteiger partial charge in [-0.1, -0.05) is 25.4 Å². The predicted octanol–water partition coefficient (Wildman–Crippen LogP) is 2.37. The van der Waals surface area contributed by atoms with Crippen LogP contribution in [0.25, 0.3) is 0 Å². The molecule has 1 unspecified atom stereocenters. The van der Waals surface area contributed by atoms with Crippen LogP contribution in [-0.2, 0) is 4.79 Å². The van der Waals surface area contributed by atoms with Gasteiger partial charge >= 0.3 is 0 Å². The molecule has 0 heterocycles. The first-order valence-electron chi connectivity index (χ1n) is 7.70. The Kier molecular flexibility index (Phi) is 7.52. The van der Waals surface area contributed by atoms with E-state index in [1.807, 2.05) is 13.8 Å². The molecule has 0 spiro atoms. The Morgan fingerprint density at radius 3 is 2.43 bits per heavy atom. The van der Waals surface area contributed by atoms with Crippen LogP contribution in [0.15, 0.2) is 24.3 Å². The zero-order valence-corrected chi connectivity index (χ0v) is 14.6. The standard InChI is InChI=1S/C17H25ClN2O3/c1-12(15(22)19-10-4-9-17(2,3)11-21)20-16(23)13-5-7-14(18)8-6-13/h5-8,12,21H,4,9-11H2,1-3H3,(H,19,22)(H,20,23). The van der Waals surface area contributed by atoms with Crippen LogP contribution in [-0.4, -0.2) is 36.1 Å². The van der Waals surface area contributed by atoms with Crippen LogP contribution in [0.4, 0.5) is 0 Å². The normalized spacial score (nSPS) is 12.6. The largest absolute Gasteiger partial charge is 0.396 e. The van der Waals surface area contributed by atoms with Crippen LogP contribution < -0.4 is 10.6 Å². The van der Waals surface area contributed by atoms with E-state index in [-0.39, 0.29) is 23.8 Å². The van der Waals surface area contributed by atoms with Crippen molar-refractivity contribution < 1.29 is 14.7 Å². The van der Waals surface area contributed by atoms with E-state index in [1.54, 1.807) is 31.2 Å². The van der Waals surface area contributed by atoms with E-state index in [1.165, 1.54) is 0 Å². The molecule has 1 aromatic carbocycles. The number of halogens is 1. The second kappa shape index (κ2) is 8.89. The quantitative estimate of drug-likeness (QED) is 0.636. The molecule has 3 N–H and O–H groups in total. The lowest BCUT2D eigenvalue weighted by Gasteiger charge is -2.21. The van der Waals surface area contributed by atoms with Gasteiger partial charge in [0.2, 0.25) is 5.91 Å². The van der Waals surface area contributed by atoms with Crippen molar-refractivity contribution in [3.63, 3.8) is 0 Å². The number of rotatable bonds is 8. The number of benzene rings is 1. The lowest BCUT2D eigenvalue weighted by atomic mass is 9.89. The van der Waals surface area contributed by atoms with Crippen molar-refractivity contribution in [2.24, 2.45) is 5.41 Å². The van der Waals surface area contributed by atoms with Crippen LogP contribution in [0.1, 0.15) is 44.0 Å². The summed E-state index contributed by atoms with van der Waals surface area (Å²) in [4.78, 5) is 24.0. The van der Waals surface area contributed by atoms with Gasteiger partial charge in [0.15, 0.2) is 0 Å². The smallest absolute Gasteiger partial charge is 0.251 e. The van der Waals surface area contributed by atoms with E-state index in [0.29, 0.717) is 17.1 Å². The fourth-order valence-electron chi connectivity index (χ4n) is 1.96. The molecule has 0 aliphatic carbocycles. The molecule has 1 aromatic rings. The van der Waals surface area contributed by atoms with Gasteiger partial charge in [0, 0.05) is 23.7 Å². The van der Waals surface area contributed by atoms with Gasteiger partial charge < -0.3 is 15.7 Å². The molecule has 0 saturated carbocycles. The third-order valence-electron chi connectivity index (χ3n) is 3.60. The number of hydrogen-bond donors (Lipinski definition) is 3. The molecule has 0 aromatic heterocycles. The number of aliphatic hydroxyl groups is 1. The van der Waals surface area contributed by atoms with E-state index in [0.717, 1.165) is 12.8 Å². The second-order valence-electron chi connectivity index (χ2n) is 6.42. The first-order chi connectivity index (χ1) is 10.7. The highest BCUT2D eigenvalue weighted by molar-refractivity contribution is 6.30. The summed E-state index contributed by atoms with van der Waals surface area (Å²) in [6, 6.07) is 5.86. The summed E-state index contributed by atoms with van der Waals surface area (Å²) in [7, 11) is 0. The van der Waals surface area contributed by atoms with E-state index >= 15 is 0 Å². The fraction of sp³-hybridized carbons (Fsp3) is 0.529. The van der Waals surface area contributed by atoms with Crippen LogP contribution in [0.2, 0.25) is 5.02 Å². The van der Waals surface area contributed by atoms with Gasteiger partial charge in [0.05, 0.1) is 0 Å². The first-order valence-corrected chi connectivity index (χ1v) is 8.08. The van der Waals surface area contributed by atoms with Gasteiger partial charge in [-0.25, -0.2) is 0 Å². The molecule has 6 heteroatoms. The number of carbonyl (C=O) groups is 2. The molecule has 128 valence electrons. The van der Waals surface area contributed by atoms with Gasteiger partial charge in [-0.15, -0.1) is 0 Å². The molecule has 0 aliphatic heterocycles. The summed E-state index contributed by atoms with van der Waals surface area (Å²) in [5, 5.41) is 15.2. The number of nitrogens with one attached hydrogen (secondary N) is 2. The monoisotopic (exact) mass is 340 g/mol. The summed E-state index contributed by atoms with van der Waals surface area (Å²) in [5.41, 5.74) is 0.317. The average molecular weight is 341 g/mol. The molecular formula is C17H25ClN2O3. The maximum absolute atomic E-state index is 12.0. The van der Waals surface area contributed by atoms with E-state index < -0.39 is 6.04 Å². The third kappa shape index (κ3) is 7.01. The second-order valence-corrected chi connectivity index (χ2v) is 6.86. The van der Waals surface area contributed by atoms with Crippen molar-refractivity contribution in [3.8, 4) is 0 Å². The summed E-state index contributed by atoms with van der Waals surface area (Å²) in [5.74, 6) is -0.542. The van der Waals surface area contributed by atoms with E-state index in [9.17, 15) is 14.7 Å². The topological polar surface area (TPSA) is 78.4 Å². The Morgan fingerprint density at radius 2 is 1.87 bits per heavy atom. The maximum Gasteiger partial charge on any atom is 0.251 e. The minimum absolute atomic E-state index is 0.120. The minimum atomic E-state index is -0.621. The molecule has 0 aliphatic rings. The molecular weight excluding hydrogens is 316 g/mol. The van der Waals surface area contributed by atoms with Gasteiger partial charge in [-0.3, -0.25) is 9.59 Å². The Labute approximate surface area is 142 Å². The molecule has 0 fully saturated rings. The zero-order valence-electron chi connectivity index (χ0n) is 13.9. The molecule has 2 amide bonds. The van der Waals surface area contributed by atoms with Crippen molar-refractivity contribution in [2.75, 3.05) is 13.2 Å². The number of aliphatic hydroxyl groups excluding tert-OH is 1. The highest BCUT2D eigenvalue weighted by atomic mass is 35.5. The van der Waals surface area contributed by atoms with E-state index in [4.69, 9.17) is 11.6 Å². The fourth-order valence-corrected chi connectivity index (χ4v) is 2.08. The lowest BCUT2D eigenvalue weighted by Crippen LogP contribution is -2.45. The minimum Gasteiger partial charge on any atom is -0.396 e. The summed E-state index contributed by atoms with van der Waals surface area (Å²) >= 11 is 5.77. The van der Waals surface area contributed by atoms with Gasteiger partial charge in [0.1, 0.15) is 6.04 Å². The highest BCUT2D eigenvalue weighted by Crippen LogP contribution is 2.20. The lowest BCUT2D eigenvalue weighted by molar-refractivity contribution is -0.122. The number of carbonyl (C=O) groups excluding carboxylic acids is 2. The Morgan fingerprint density at radius 1 is 1.26 bits per heavy atom. The van der Waals surface area contributed by atoms with Crippen molar-refractivity contribution in [1.29, 1.82) is 0 Å². The van der Waals surface area contributed by atoms with Gasteiger partial charge in [0.25, 0.3) is 5.91 Å². The van der Waals surface area contributed by atoms with Crippen molar-refractivity contribution in [3.05, 3.63) is 34.9 Å². The molecule has 0 bridgehead atoms. The number of hydrogen-bond acceptors (Lipinski definition) is 3. The molecule has 1 atom stereocenters. The van der Waals surface area contributed by atoms with Gasteiger partial charge in [-0.05, 0) is 49.4 Å². The zero-order chi connectivity index (χ0) is 17.5. The highest BCUT2D eigenvalue weighted by Gasteiger charge is 2.18. The van der Waals surface area contributed by atoms with Crippen LogP contribution in [0.3, 0.4) is 0 Å². The average Bonchev–Trinajstić information content (AvgIpc) is 2.51. The van der Waals surface area contributed by atoms with Gasteiger partial charge in [-0.2, -0.15) is 0 Å². The predicted molar refractivity (Wildman–Crippen MR) is 91.5 cm³/mol. The first kappa shape index (κ1) is 19.5. The molecule has 0 radical (unpaired) electrons. The Hall–Kier alpha value is -1.59. The Balaban J connectivity index is 2.36. The summed E-state index contributed by atoms with van der Waals surface area (Å²) in [6.07, 6.45) is 1.59. The van der Waals surface area contributed by atoms with Crippen LogP contribution >= 0.6 is 11.6 Å². The molecule has 5 nitrogen and oxygen atoms in total. The maximum atomic E-state index is 12.0. The molecule has 0 saturated heterocycles. The van der Waals surface area contributed by atoms with Crippen molar-refractivity contribution >= 4 is 23.4 Å². The van der Waals surface area contributed by atoms with Crippen molar-refractivity contribution in [2.45, 2.75) is 39.7 Å². The number of amides is 2.